The van der Waals surface area contributed by atoms with Gasteiger partial charge >= 0.3 is 0 Å². The molecule has 2 aliphatic carbocycles. The molecule has 0 radical (unpaired) electrons. The summed E-state index contributed by atoms with van der Waals surface area (Å²) in [5.74, 6) is 1.20. The molecule has 104 valence electrons. The van der Waals surface area contributed by atoms with E-state index in [4.69, 9.17) is 0 Å². The summed E-state index contributed by atoms with van der Waals surface area (Å²) in [4.78, 5) is 11.7. The maximum atomic E-state index is 11.7. The first kappa shape index (κ1) is 12.9. The van der Waals surface area contributed by atoms with Crippen molar-refractivity contribution in [3.63, 3.8) is 0 Å². The molecular formula is C12H19N5OS. The Hall–Kier alpha value is -1.11. The van der Waals surface area contributed by atoms with Crippen molar-refractivity contribution in [2.75, 3.05) is 12.3 Å². The van der Waals surface area contributed by atoms with Crippen LogP contribution in [0.2, 0.25) is 0 Å². The molecule has 0 unspecified atom stereocenters. The molecule has 1 aromatic rings. The van der Waals surface area contributed by atoms with E-state index in [1.807, 2.05) is 4.68 Å². The highest BCUT2D eigenvalue weighted by molar-refractivity contribution is 7.99. The summed E-state index contributed by atoms with van der Waals surface area (Å²) in [7, 11) is 0. The Bertz CT molecular complexity index is 439. The molecule has 0 aliphatic heterocycles. The zero-order valence-electron chi connectivity index (χ0n) is 10.9. The van der Waals surface area contributed by atoms with Crippen LogP contribution in [0.25, 0.3) is 0 Å². The highest BCUT2D eigenvalue weighted by Crippen LogP contribution is 2.31. The lowest BCUT2D eigenvalue weighted by atomic mass is 10.3. The fourth-order valence-electron chi connectivity index (χ4n) is 2.42. The van der Waals surface area contributed by atoms with Crippen LogP contribution >= 0.6 is 11.8 Å². The number of hydrogen-bond acceptors (Lipinski definition) is 5. The van der Waals surface area contributed by atoms with Crippen molar-refractivity contribution < 1.29 is 4.79 Å². The summed E-state index contributed by atoms with van der Waals surface area (Å²) in [5, 5.41) is 15.6. The number of rotatable bonds is 6. The van der Waals surface area contributed by atoms with E-state index < -0.39 is 0 Å². The van der Waals surface area contributed by atoms with Crippen molar-refractivity contribution in [2.45, 2.75) is 49.7 Å². The zero-order chi connectivity index (χ0) is 13.1. The van der Waals surface area contributed by atoms with Crippen LogP contribution in [-0.4, -0.2) is 38.4 Å². The van der Waals surface area contributed by atoms with Crippen molar-refractivity contribution in [3.8, 4) is 0 Å². The van der Waals surface area contributed by atoms with Gasteiger partial charge < -0.3 is 5.32 Å². The van der Waals surface area contributed by atoms with Gasteiger partial charge in [0.2, 0.25) is 11.1 Å². The second kappa shape index (κ2) is 5.90. The molecule has 1 N–H and O–H groups in total. The average molecular weight is 281 g/mol. The summed E-state index contributed by atoms with van der Waals surface area (Å²) in [6, 6.07) is 0.423. The van der Waals surface area contributed by atoms with Gasteiger partial charge in [-0.15, -0.1) is 5.10 Å². The topological polar surface area (TPSA) is 72.7 Å². The van der Waals surface area contributed by atoms with Crippen LogP contribution in [0.5, 0.6) is 0 Å². The summed E-state index contributed by atoms with van der Waals surface area (Å²) in [6.07, 6.45) is 7.30. The third-order valence-electron chi connectivity index (χ3n) is 3.75. The Kier molecular flexibility index (Phi) is 4.00. The van der Waals surface area contributed by atoms with Gasteiger partial charge in [-0.25, -0.2) is 4.68 Å². The van der Waals surface area contributed by atoms with Gasteiger partial charge in [-0.2, -0.15) is 0 Å². The standard InChI is InChI=1S/C12H19N5OS/c18-11(13-7-9-5-6-9)8-19-12-14-15-16-17(12)10-3-1-2-4-10/h9-10H,1-8H2,(H,13,18). The molecule has 2 aliphatic rings. The Morgan fingerprint density at radius 3 is 2.84 bits per heavy atom. The summed E-state index contributed by atoms with van der Waals surface area (Å²) >= 11 is 1.44. The number of nitrogens with one attached hydrogen (secondary N) is 1. The van der Waals surface area contributed by atoms with Crippen LogP contribution in [0.3, 0.4) is 0 Å². The summed E-state index contributed by atoms with van der Waals surface area (Å²) in [5.41, 5.74) is 0. The summed E-state index contributed by atoms with van der Waals surface area (Å²) in [6.45, 7) is 0.826. The van der Waals surface area contributed by atoms with Gasteiger partial charge in [-0.1, -0.05) is 24.6 Å². The second-order valence-corrected chi connectivity index (χ2v) is 6.32. The molecule has 19 heavy (non-hydrogen) atoms. The SMILES string of the molecule is O=C(CSc1nnnn1C1CCCC1)NCC1CC1. The first-order valence-electron chi connectivity index (χ1n) is 7.00. The predicted molar refractivity (Wildman–Crippen MR) is 71.8 cm³/mol. The number of carbonyl (C=O) groups excluding carboxylic acids is 1. The Balaban J connectivity index is 1.48. The molecule has 1 heterocycles. The molecule has 0 aromatic carbocycles. The zero-order valence-corrected chi connectivity index (χ0v) is 11.7. The van der Waals surface area contributed by atoms with Gasteiger partial charge in [0, 0.05) is 6.54 Å². The smallest absolute Gasteiger partial charge is 0.230 e. The molecule has 0 saturated heterocycles. The molecule has 1 amide bonds. The third-order valence-corrected chi connectivity index (χ3v) is 4.68. The van der Waals surface area contributed by atoms with Crippen molar-refractivity contribution in [2.24, 2.45) is 5.92 Å². The van der Waals surface area contributed by atoms with Gasteiger partial charge in [0.25, 0.3) is 0 Å². The lowest BCUT2D eigenvalue weighted by Crippen LogP contribution is -2.27. The van der Waals surface area contributed by atoms with E-state index in [0.29, 0.717) is 11.8 Å². The third kappa shape index (κ3) is 3.46. The van der Waals surface area contributed by atoms with Gasteiger partial charge in [-0.3, -0.25) is 4.79 Å². The molecule has 7 heteroatoms. The quantitative estimate of drug-likeness (QED) is 0.798. The van der Waals surface area contributed by atoms with E-state index in [1.54, 1.807) is 0 Å². The molecule has 2 saturated carbocycles. The lowest BCUT2D eigenvalue weighted by molar-refractivity contribution is -0.118. The minimum atomic E-state index is 0.0814. The number of thioether (sulfide) groups is 1. The first-order valence-corrected chi connectivity index (χ1v) is 7.99. The minimum Gasteiger partial charge on any atom is -0.355 e. The van der Waals surface area contributed by atoms with Crippen LogP contribution in [0.15, 0.2) is 5.16 Å². The molecule has 1 aromatic heterocycles. The predicted octanol–water partition coefficient (Wildman–Crippen LogP) is 1.41. The molecule has 0 spiro atoms. The highest BCUT2D eigenvalue weighted by Gasteiger charge is 2.23. The number of aromatic nitrogens is 4. The molecule has 0 bridgehead atoms. The average Bonchev–Trinajstić information content (AvgIpc) is 2.92. The van der Waals surface area contributed by atoms with Crippen LogP contribution in [0.4, 0.5) is 0 Å². The largest absolute Gasteiger partial charge is 0.355 e. The van der Waals surface area contributed by atoms with Gasteiger partial charge in [0.15, 0.2) is 0 Å². The van der Waals surface area contributed by atoms with Crippen LogP contribution in [0, 0.1) is 5.92 Å². The number of hydrogen-bond donors (Lipinski definition) is 1. The summed E-state index contributed by atoms with van der Waals surface area (Å²) < 4.78 is 1.89. The van der Waals surface area contributed by atoms with Gasteiger partial charge in [0.1, 0.15) is 0 Å². The highest BCUT2D eigenvalue weighted by atomic mass is 32.2. The van der Waals surface area contributed by atoms with E-state index in [0.717, 1.165) is 30.5 Å². The van der Waals surface area contributed by atoms with E-state index in [2.05, 4.69) is 20.8 Å². The Labute approximate surface area is 116 Å². The number of carbonyl (C=O) groups is 1. The van der Waals surface area contributed by atoms with Gasteiger partial charge in [0.05, 0.1) is 11.8 Å². The second-order valence-electron chi connectivity index (χ2n) is 5.38. The monoisotopic (exact) mass is 281 g/mol. The first-order chi connectivity index (χ1) is 9.33. The van der Waals surface area contributed by atoms with Crippen LogP contribution < -0.4 is 5.32 Å². The Morgan fingerprint density at radius 1 is 1.32 bits per heavy atom. The van der Waals surface area contributed by atoms with Crippen molar-refractivity contribution in [1.82, 2.24) is 25.5 Å². The number of nitrogens with zero attached hydrogens (tertiary/aromatic N) is 4. The molecular weight excluding hydrogens is 262 g/mol. The fourth-order valence-corrected chi connectivity index (χ4v) is 3.19. The fraction of sp³-hybridized carbons (Fsp3) is 0.833. The maximum absolute atomic E-state index is 11.7. The van der Waals surface area contributed by atoms with Gasteiger partial charge in [-0.05, 0) is 42.0 Å². The van der Waals surface area contributed by atoms with Crippen molar-refractivity contribution in [1.29, 1.82) is 0 Å². The van der Waals surface area contributed by atoms with E-state index in [9.17, 15) is 4.79 Å². The van der Waals surface area contributed by atoms with Crippen molar-refractivity contribution >= 4 is 17.7 Å². The molecule has 3 rings (SSSR count). The van der Waals surface area contributed by atoms with E-state index >= 15 is 0 Å². The van der Waals surface area contributed by atoms with Crippen LogP contribution in [-0.2, 0) is 4.79 Å². The van der Waals surface area contributed by atoms with Crippen LogP contribution in [0.1, 0.15) is 44.6 Å². The maximum Gasteiger partial charge on any atom is 0.230 e. The molecule has 0 atom stereocenters. The molecule has 2 fully saturated rings. The lowest BCUT2D eigenvalue weighted by Gasteiger charge is -2.10. The van der Waals surface area contributed by atoms with E-state index in [-0.39, 0.29) is 5.91 Å². The van der Waals surface area contributed by atoms with E-state index in [1.165, 1.54) is 37.4 Å². The minimum absolute atomic E-state index is 0.0814. The number of tetrazole rings is 1. The normalized spacial score (nSPS) is 19.8. The molecule has 6 nitrogen and oxygen atoms in total. The Morgan fingerprint density at radius 2 is 2.11 bits per heavy atom. The number of amides is 1. The van der Waals surface area contributed by atoms with Crippen molar-refractivity contribution in [3.05, 3.63) is 0 Å².